The molecule has 1 heterocycles. The number of hydrogen-bond acceptors (Lipinski definition) is 5. The summed E-state index contributed by atoms with van der Waals surface area (Å²) in [6.07, 6.45) is 1.63. The third-order valence-corrected chi connectivity index (χ3v) is 4.17. The van der Waals surface area contributed by atoms with Crippen LogP contribution in [0.1, 0.15) is 12.5 Å². The lowest BCUT2D eigenvalue weighted by Crippen LogP contribution is -2.02. The van der Waals surface area contributed by atoms with Crippen LogP contribution in [0.2, 0.25) is 5.02 Å². The van der Waals surface area contributed by atoms with Crippen molar-refractivity contribution in [3.63, 3.8) is 0 Å². The standard InChI is InChI=1S/C18H19ClN4O2/c1-4-23-15-8-6-5-7-14(15)21-18(23)22-20-11-12-9-16(24-2)17(25-3)10-13(12)19/h5-11H,4H2,1-3H3,(H,21,22)/b20-11-. The van der Waals surface area contributed by atoms with Crippen LogP contribution in [0.4, 0.5) is 5.95 Å². The van der Waals surface area contributed by atoms with Crippen LogP contribution < -0.4 is 14.9 Å². The molecule has 130 valence electrons. The first-order valence-corrected chi connectivity index (χ1v) is 8.21. The van der Waals surface area contributed by atoms with Crippen LogP contribution in [0.3, 0.4) is 0 Å². The minimum Gasteiger partial charge on any atom is -0.493 e. The summed E-state index contributed by atoms with van der Waals surface area (Å²) in [5.41, 5.74) is 5.68. The van der Waals surface area contributed by atoms with E-state index in [-0.39, 0.29) is 0 Å². The molecule has 1 N–H and O–H groups in total. The van der Waals surface area contributed by atoms with E-state index >= 15 is 0 Å². The maximum atomic E-state index is 6.27. The normalized spacial score (nSPS) is 11.2. The summed E-state index contributed by atoms with van der Waals surface area (Å²) in [5, 5.41) is 4.79. The highest BCUT2D eigenvalue weighted by Crippen LogP contribution is 2.32. The third-order valence-electron chi connectivity index (χ3n) is 3.84. The van der Waals surface area contributed by atoms with Crippen molar-refractivity contribution in [2.75, 3.05) is 19.6 Å². The number of nitrogens with zero attached hydrogens (tertiary/aromatic N) is 3. The number of aromatic nitrogens is 2. The molecule has 1 aromatic heterocycles. The molecule has 0 radical (unpaired) electrons. The van der Waals surface area contributed by atoms with Crippen LogP contribution in [0.5, 0.6) is 11.5 Å². The molecule has 0 saturated heterocycles. The van der Waals surface area contributed by atoms with Crippen molar-refractivity contribution in [1.29, 1.82) is 0 Å². The molecule has 0 aliphatic heterocycles. The fraction of sp³-hybridized carbons (Fsp3) is 0.222. The number of hydrazone groups is 1. The van der Waals surface area contributed by atoms with Crippen LogP contribution in [0.15, 0.2) is 41.5 Å². The molecule has 0 atom stereocenters. The zero-order valence-corrected chi connectivity index (χ0v) is 15.0. The van der Waals surface area contributed by atoms with Crippen molar-refractivity contribution in [2.24, 2.45) is 5.10 Å². The molecular weight excluding hydrogens is 340 g/mol. The highest BCUT2D eigenvalue weighted by Gasteiger charge is 2.10. The van der Waals surface area contributed by atoms with Gasteiger partial charge in [0.1, 0.15) is 0 Å². The minimum absolute atomic E-state index is 0.521. The van der Waals surface area contributed by atoms with E-state index in [9.17, 15) is 0 Å². The monoisotopic (exact) mass is 358 g/mol. The number of halogens is 1. The van der Waals surface area contributed by atoms with E-state index in [1.54, 1.807) is 32.6 Å². The third kappa shape index (κ3) is 3.39. The molecule has 0 amide bonds. The molecule has 0 aliphatic rings. The first-order valence-electron chi connectivity index (χ1n) is 7.83. The second-order valence-electron chi connectivity index (χ2n) is 5.27. The second-order valence-corrected chi connectivity index (χ2v) is 5.67. The Labute approximate surface area is 151 Å². The minimum atomic E-state index is 0.521. The second kappa shape index (κ2) is 7.44. The van der Waals surface area contributed by atoms with Crippen LogP contribution in [0.25, 0.3) is 11.0 Å². The summed E-state index contributed by atoms with van der Waals surface area (Å²) >= 11 is 6.27. The highest BCUT2D eigenvalue weighted by atomic mass is 35.5. The quantitative estimate of drug-likeness (QED) is 0.530. The number of benzene rings is 2. The van der Waals surface area contributed by atoms with Gasteiger partial charge < -0.3 is 14.0 Å². The number of imidazole rings is 1. The average Bonchev–Trinajstić information content (AvgIpc) is 3.00. The number of rotatable bonds is 6. The van der Waals surface area contributed by atoms with Gasteiger partial charge in [-0.25, -0.2) is 10.4 Å². The van der Waals surface area contributed by atoms with Crippen molar-refractivity contribution in [1.82, 2.24) is 9.55 Å². The smallest absolute Gasteiger partial charge is 0.224 e. The number of nitrogens with one attached hydrogen (secondary N) is 1. The Morgan fingerprint density at radius 1 is 1.20 bits per heavy atom. The maximum absolute atomic E-state index is 6.27. The van der Waals surface area contributed by atoms with Crippen LogP contribution >= 0.6 is 11.6 Å². The summed E-state index contributed by atoms with van der Waals surface area (Å²) in [6, 6.07) is 11.4. The Hall–Kier alpha value is -2.73. The molecule has 25 heavy (non-hydrogen) atoms. The van der Waals surface area contributed by atoms with E-state index in [0.29, 0.717) is 28.0 Å². The number of para-hydroxylation sites is 2. The zero-order chi connectivity index (χ0) is 17.8. The molecule has 0 unspecified atom stereocenters. The molecule has 6 nitrogen and oxygen atoms in total. The Morgan fingerprint density at radius 2 is 1.92 bits per heavy atom. The lowest BCUT2D eigenvalue weighted by molar-refractivity contribution is 0.355. The predicted octanol–water partition coefficient (Wildman–Crippen LogP) is 4.17. The highest BCUT2D eigenvalue weighted by molar-refractivity contribution is 6.33. The van der Waals surface area contributed by atoms with Crippen molar-refractivity contribution >= 4 is 34.8 Å². The number of hydrogen-bond donors (Lipinski definition) is 1. The van der Waals surface area contributed by atoms with Crippen molar-refractivity contribution in [3.05, 3.63) is 47.0 Å². The van der Waals surface area contributed by atoms with Gasteiger partial charge in [-0.05, 0) is 25.1 Å². The summed E-state index contributed by atoms with van der Waals surface area (Å²) in [5.74, 6) is 1.84. The number of aryl methyl sites for hydroxylation is 1. The van der Waals surface area contributed by atoms with Crippen molar-refractivity contribution in [3.8, 4) is 11.5 Å². The van der Waals surface area contributed by atoms with Crippen molar-refractivity contribution in [2.45, 2.75) is 13.5 Å². The molecule has 7 heteroatoms. The summed E-state index contributed by atoms with van der Waals surface area (Å²) in [6.45, 7) is 2.85. The number of methoxy groups -OCH3 is 2. The Kier molecular flexibility index (Phi) is 5.09. The van der Waals surface area contributed by atoms with Gasteiger partial charge in [-0.2, -0.15) is 5.10 Å². The van der Waals surface area contributed by atoms with Gasteiger partial charge in [-0.15, -0.1) is 0 Å². The average molecular weight is 359 g/mol. The summed E-state index contributed by atoms with van der Waals surface area (Å²) < 4.78 is 12.6. The lowest BCUT2D eigenvalue weighted by Gasteiger charge is -2.09. The molecule has 0 aliphatic carbocycles. The van der Waals surface area contributed by atoms with Gasteiger partial charge in [0, 0.05) is 18.2 Å². The van der Waals surface area contributed by atoms with E-state index in [0.717, 1.165) is 17.6 Å². The van der Waals surface area contributed by atoms with Crippen LogP contribution in [-0.2, 0) is 6.54 Å². The van der Waals surface area contributed by atoms with Gasteiger partial charge in [0.2, 0.25) is 5.95 Å². The first kappa shape index (κ1) is 17.1. The van der Waals surface area contributed by atoms with Crippen molar-refractivity contribution < 1.29 is 9.47 Å². The molecule has 0 fully saturated rings. The zero-order valence-electron chi connectivity index (χ0n) is 14.3. The fourth-order valence-corrected chi connectivity index (χ4v) is 2.81. The molecule has 0 bridgehead atoms. The van der Waals surface area contributed by atoms with Gasteiger partial charge in [-0.3, -0.25) is 0 Å². The predicted molar refractivity (Wildman–Crippen MR) is 101 cm³/mol. The number of anilines is 1. The summed E-state index contributed by atoms with van der Waals surface area (Å²) in [7, 11) is 3.15. The van der Waals surface area contributed by atoms with E-state index in [4.69, 9.17) is 21.1 Å². The molecule has 0 spiro atoms. The fourth-order valence-electron chi connectivity index (χ4n) is 2.61. The molecule has 3 rings (SSSR count). The molecule has 3 aromatic rings. The first-order chi connectivity index (χ1) is 12.2. The molecule has 0 saturated carbocycles. The number of fused-ring (bicyclic) bond motifs is 1. The largest absolute Gasteiger partial charge is 0.493 e. The SMILES string of the molecule is CCn1c(N/N=C\c2cc(OC)c(OC)cc2Cl)nc2ccccc21. The van der Waals surface area contributed by atoms with Gasteiger partial charge in [0.05, 0.1) is 36.5 Å². The van der Waals surface area contributed by atoms with Gasteiger partial charge in [-0.1, -0.05) is 23.7 Å². The topological polar surface area (TPSA) is 60.7 Å². The van der Waals surface area contributed by atoms with E-state index < -0.39 is 0 Å². The number of ether oxygens (including phenoxy) is 2. The van der Waals surface area contributed by atoms with Gasteiger partial charge in [0.25, 0.3) is 0 Å². The Bertz CT molecular complexity index is 921. The molecule has 2 aromatic carbocycles. The molecular formula is C18H19ClN4O2. The van der Waals surface area contributed by atoms with E-state index in [1.807, 2.05) is 24.3 Å². The maximum Gasteiger partial charge on any atom is 0.224 e. The van der Waals surface area contributed by atoms with Crippen LogP contribution in [0, 0.1) is 0 Å². The van der Waals surface area contributed by atoms with E-state index in [2.05, 4.69) is 27.0 Å². The van der Waals surface area contributed by atoms with Crippen LogP contribution in [-0.4, -0.2) is 30.0 Å². The Morgan fingerprint density at radius 3 is 2.64 bits per heavy atom. The van der Waals surface area contributed by atoms with Gasteiger partial charge in [0.15, 0.2) is 11.5 Å². The Balaban J connectivity index is 1.87. The lowest BCUT2D eigenvalue weighted by atomic mass is 10.2. The van der Waals surface area contributed by atoms with Gasteiger partial charge >= 0.3 is 0 Å². The van der Waals surface area contributed by atoms with E-state index in [1.165, 1.54) is 0 Å². The summed E-state index contributed by atoms with van der Waals surface area (Å²) in [4.78, 5) is 4.56.